The Bertz CT molecular complexity index is 379. The van der Waals surface area contributed by atoms with Crippen LogP contribution in [0.1, 0.15) is 12.0 Å². The number of aldehydes is 1. The van der Waals surface area contributed by atoms with Crippen molar-refractivity contribution in [1.82, 2.24) is 0 Å². The second-order valence-electron chi connectivity index (χ2n) is 2.98. The summed E-state index contributed by atoms with van der Waals surface area (Å²) >= 11 is 2.92. The van der Waals surface area contributed by atoms with E-state index in [0.717, 1.165) is 0 Å². The molecular weight excluding hydrogens is 305 g/mol. The highest BCUT2D eigenvalue weighted by Crippen LogP contribution is 2.42. The van der Waals surface area contributed by atoms with E-state index in [1.54, 1.807) is 18.2 Å². The lowest BCUT2D eigenvalue weighted by molar-refractivity contribution is -0.107. The number of aryl methyl sites for hydroxylation is 1. The summed E-state index contributed by atoms with van der Waals surface area (Å²) in [6.07, 6.45) is 1.24. The third kappa shape index (κ3) is 4.17. The normalized spacial score (nSPS) is 11.5. The number of hydrogen-bond acceptors (Lipinski definition) is 2. The number of carbonyl (C=O) groups is 1. The lowest BCUT2D eigenvalue weighted by Gasteiger charge is -2.12. The van der Waals surface area contributed by atoms with Crippen LogP contribution in [0.15, 0.2) is 27.6 Å². The van der Waals surface area contributed by atoms with E-state index in [9.17, 15) is 18.0 Å². The molecule has 1 aromatic carbocycles. The van der Waals surface area contributed by atoms with Gasteiger partial charge >= 0.3 is 5.51 Å². The molecule has 0 fully saturated rings. The molecule has 1 nitrogen and oxygen atoms in total. The molecule has 0 aliphatic heterocycles. The van der Waals surface area contributed by atoms with Gasteiger partial charge in [-0.1, -0.05) is 12.1 Å². The van der Waals surface area contributed by atoms with Gasteiger partial charge < -0.3 is 4.79 Å². The fourth-order valence-corrected chi connectivity index (χ4v) is 2.54. The molecule has 0 saturated carbocycles. The van der Waals surface area contributed by atoms with Crippen molar-refractivity contribution in [2.45, 2.75) is 23.2 Å². The van der Waals surface area contributed by atoms with E-state index in [0.29, 0.717) is 22.7 Å². The minimum Gasteiger partial charge on any atom is -0.303 e. The Kier molecular flexibility index (Phi) is 4.86. The molecule has 0 amide bonds. The number of rotatable bonds is 4. The van der Waals surface area contributed by atoms with Crippen molar-refractivity contribution in [3.05, 3.63) is 28.2 Å². The molecule has 0 spiro atoms. The first kappa shape index (κ1) is 13.6. The first-order chi connectivity index (χ1) is 7.44. The van der Waals surface area contributed by atoms with E-state index in [1.807, 2.05) is 0 Å². The van der Waals surface area contributed by atoms with Crippen molar-refractivity contribution in [2.24, 2.45) is 0 Å². The standard InChI is InChI=1S/C10H8BrF3OS/c11-8-5-1-3-7(4-2-6-15)9(8)16-10(12,13)14/h1,3,5-6H,2,4H2. The largest absolute Gasteiger partial charge is 0.446 e. The number of thioether (sulfide) groups is 1. The van der Waals surface area contributed by atoms with Gasteiger partial charge in [0.1, 0.15) is 6.29 Å². The van der Waals surface area contributed by atoms with Crippen molar-refractivity contribution < 1.29 is 18.0 Å². The minimum absolute atomic E-state index is 0.136. The Hall–Kier alpha value is -0.490. The SMILES string of the molecule is O=CCCc1cccc(Br)c1SC(F)(F)F. The number of halogens is 4. The average Bonchev–Trinajstić information content (AvgIpc) is 2.17. The molecular formula is C10H8BrF3OS. The molecule has 0 heterocycles. The van der Waals surface area contributed by atoms with E-state index >= 15 is 0 Å². The van der Waals surface area contributed by atoms with Crippen molar-refractivity contribution in [3.63, 3.8) is 0 Å². The highest BCUT2D eigenvalue weighted by molar-refractivity contribution is 9.10. The molecule has 1 aromatic rings. The second-order valence-corrected chi connectivity index (χ2v) is 4.91. The Morgan fingerprint density at radius 1 is 1.38 bits per heavy atom. The number of carbonyl (C=O) groups excluding carboxylic acids is 1. The van der Waals surface area contributed by atoms with Crippen LogP contribution in [0, 0.1) is 0 Å². The van der Waals surface area contributed by atoms with Crippen LogP contribution in [0.4, 0.5) is 13.2 Å². The van der Waals surface area contributed by atoms with Crippen LogP contribution in [-0.2, 0) is 11.2 Å². The number of hydrogen-bond donors (Lipinski definition) is 0. The monoisotopic (exact) mass is 312 g/mol. The van der Waals surface area contributed by atoms with Crippen LogP contribution in [0.5, 0.6) is 0 Å². The zero-order valence-electron chi connectivity index (χ0n) is 8.05. The summed E-state index contributed by atoms with van der Waals surface area (Å²) < 4.78 is 37.3. The van der Waals surface area contributed by atoms with Gasteiger partial charge in [0.25, 0.3) is 0 Å². The molecule has 16 heavy (non-hydrogen) atoms. The Morgan fingerprint density at radius 3 is 2.62 bits per heavy atom. The summed E-state index contributed by atoms with van der Waals surface area (Å²) in [5, 5.41) is 0. The average molecular weight is 313 g/mol. The van der Waals surface area contributed by atoms with Crippen LogP contribution in [-0.4, -0.2) is 11.8 Å². The second kappa shape index (κ2) is 5.72. The van der Waals surface area contributed by atoms with Gasteiger partial charge in [-0.05, 0) is 45.7 Å². The summed E-state index contributed by atoms with van der Waals surface area (Å²) in [6, 6.07) is 4.81. The van der Waals surface area contributed by atoms with E-state index in [1.165, 1.54) is 0 Å². The van der Waals surface area contributed by atoms with Gasteiger partial charge in [-0.2, -0.15) is 13.2 Å². The predicted octanol–water partition coefficient (Wildman–Crippen LogP) is 4.19. The maximum atomic E-state index is 12.3. The molecule has 0 N–H and O–H groups in total. The smallest absolute Gasteiger partial charge is 0.303 e. The van der Waals surface area contributed by atoms with E-state index in [-0.39, 0.29) is 23.1 Å². The fraction of sp³-hybridized carbons (Fsp3) is 0.300. The highest BCUT2D eigenvalue weighted by Gasteiger charge is 2.31. The van der Waals surface area contributed by atoms with Gasteiger partial charge in [-0.3, -0.25) is 0 Å². The summed E-state index contributed by atoms with van der Waals surface area (Å²) in [6.45, 7) is 0. The third-order valence-corrected chi connectivity index (χ3v) is 3.64. The summed E-state index contributed by atoms with van der Waals surface area (Å²) in [5.41, 5.74) is -3.79. The molecule has 0 radical (unpaired) electrons. The first-order valence-corrected chi connectivity index (χ1v) is 6.02. The van der Waals surface area contributed by atoms with Crippen LogP contribution >= 0.6 is 27.7 Å². The Labute approximate surface area is 104 Å². The van der Waals surface area contributed by atoms with Crippen LogP contribution in [0.25, 0.3) is 0 Å². The summed E-state index contributed by atoms with van der Waals surface area (Å²) in [4.78, 5) is 10.4. The van der Waals surface area contributed by atoms with Crippen molar-refractivity contribution in [2.75, 3.05) is 0 Å². The van der Waals surface area contributed by atoms with Gasteiger partial charge in [0.05, 0.1) is 0 Å². The zero-order chi connectivity index (χ0) is 12.2. The van der Waals surface area contributed by atoms with Crippen molar-refractivity contribution in [1.29, 1.82) is 0 Å². The van der Waals surface area contributed by atoms with E-state index in [2.05, 4.69) is 15.9 Å². The zero-order valence-corrected chi connectivity index (χ0v) is 10.5. The lowest BCUT2D eigenvalue weighted by Crippen LogP contribution is -2.02. The van der Waals surface area contributed by atoms with Crippen LogP contribution in [0.2, 0.25) is 0 Å². The topological polar surface area (TPSA) is 17.1 Å². The highest BCUT2D eigenvalue weighted by atomic mass is 79.9. The maximum absolute atomic E-state index is 12.3. The molecule has 0 unspecified atom stereocenters. The molecule has 0 atom stereocenters. The molecule has 0 aromatic heterocycles. The molecule has 88 valence electrons. The Balaban J connectivity index is 2.98. The maximum Gasteiger partial charge on any atom is 0.446 e. The van der Waals surface area contributed by atoms with Gasteiger partial charge in [0.2, 0.25) is 0 Å². The van der Waals surface area contributed by atoms with E-state index in [4.69, 9.17) is 0 Å². The number of alkyl halides is 3. The first-order valence-electron chi connectivity index (χ1n) is 4.41. The predicted molar refractivity (Wildman–Crippen MR) is 60.4 cm³/mol. The van der Waals surface area contributed by atoms with Crippen LogP contribution in [0.3, 0.4) is 0 Å². The summed E-state index contributed by atoms with van der Waals surface area (Å²) in [7, 11) is 0. The fourth-order valence-electron chi connectivity index (χ4n) is 1.19. The van der Waals surface area contributed by atoms with Crippen molar-refractivity contribution in [3.8, 4) is 0 Å². The van der Waals surface area contributed by atoms with Gasteiger partial charge in [0, 0.05) is 15.8 Å². The summed E-state index contributed by atoms with van der Waals surface area (Å²) in [5.74, 6) is 0. The molecule has 0 aliphatic carbocycles. The molecule has 6 heteroatoms. The van der Waals surface area contributed by atoms with Crippen LogP contribution < -0.4 is 0 Å². The van der Waals surface area contributed by atoms with Gasteiger partial charge in [-0.15, -0.1) is 0 Å². The molecule has 0 bridgehead atoms. The quantitative estimate of drug-likeness (QED) is 0.612. The Morgan fingerprint density at radius 2 is 2.06 bits per heavy atom. The molecule has 0 aliphatic rings. The van der Waals surface area contributed by atoms with Gasteiger partial charge in [-0.25, -0.2) is 0 Å². The minimum atomic E-state index is -4.32. The van der Waals surface area contributed by atoms with Gasteiger partial charge in [0.15, 0.2) is 0 Å². The third-order valence-electron chi connectivity index (χ3n) is 1.80. The van der Waals surface area contributed by atoms with Crippen molar-refractivity contribution >= 4 is 34.0 Å². The molecule has 0 saturated heterocycles. The van der Waals surface area contributed by atoms with E-state index < -0.39 is 5.51 Å². The lowest BCUT2D eigenvalue weighted by atomic mass is 10.1. The molecule has 1 rings (SSSR count). The number of benzene rings is 1.